The van der Waals surface area contributed by atoms with Gasteiger partial charge in [-0.15, -0.1) is 0 Å². The van der Waals surface area contributed by atoms with Gasteiger partial charge >= 0.3 is 0 Å². The minimum absolute atomic E-state index is 0.306. The quantitative estimate of drug-likeness (QED) is 0.720. The number of anilines is 1. The van der Waals surface area contributed by atoms with E-state index in [0.717, 1.165) is 19.5 Å². The first-order chi connectivity index (χ1) is 12.0. The lowest BCUT2D eigenvalue weighted by Gasteiger charge is -2.30. The molecule has 1 heterocycles. The number of pyridine rings is 1. The minimum Gasteiger partial charge on any atom is -0.367 e. The Morgan fingerprint density at radius 3 is 2.52 bits per heavy atom. The van der Waals surface area contributed by atoms with Gasteiger partial charge in [-0.25, -0.2) is 4.98 Å². The summed E-state index contributed by atoms with van der Waals surface area (Å²) in [5, 5.41) is 3.71. The second-order valence-electron chi connectivity index (χ2n) is 5.86. The Morgan fingerprint density at radius 1 is 1.28 bits per heavy atom. The zero-order chi connectivity index (χ0) is 18.2. The summed E-state index contributed by atoms with van der Waals surface area (Å²) in [5.41, 5.74) is 6.85. The number of nitrogens with zero attached hydrogens (tertiary/aromatic N) is 2. The molecule has 134 valence electrons. The van der Waals surface area contributed by atoms with E-state index < -0.39 is 5.91 Å². The lowest BCUT2D eigenvalue weighted by Crippen LogP contribution is -2.41. The molecule has 6 heteroatoms. The average molecular weight is 361 g/mol. The highest BCUT2D eigenvalue weighted by atomic mass is 35.5. The van der Waals surface area contributed by atoms with E-state index in [1.807, 2.05) is 6.07 Å². The number of nitrogens with one attached hydrogen (secondary N) is 1. The Bertz CT molecular complexity index is 689. The predicted octanol–water partition coefficient (Wildman–Crippen LogP) is 3.20. The van der Waals surface area contributed by atoms with Crippen LogP contribution >= 0.6 is 11.6 Å². The van der Waals surface area contributed by atoms with Gasteiger partial charge in [0.05, 0.1) is 10.6 Å². The van der Waals surface area contributed by atoms with E-state index in [9.17, 15) is 4.79 Å². The van der Waals surface area contributed by atoms with Crippen molar-refractivity contribution < 1.29 is 4.79 Å². The van der Waals surface area contributed by atoms with Crippen molar-refractivity contribution in [2.24, 2.45) is 5.73 Å². The summed E-state index contributed by atoms with van der Waals surface area (Å²) in [6.07, 6.45) is 2.38. The van der Waals surface area contributed by atoms with Gasteiger partial charge in [0.15, 0.2) is 0 Å². The highest BCUT2D eigenvalue weighted by Crippen LogP contribution is 2.20. The van der Waals surface area contributed by atoms with Crippen LogP contribution in [0.15, 0.2) is 42.6 Å². The summed E-state index contributed by atoms with van der Waals surface area (Å²) in [6.45, 7) is 6.97. The zero-order valence-corrected chi connectivity index (χ0v) is 15.5. The molecule has 0 aliphatic heterocycles. The van der Waals surface area contributed by atoms with Crippen LogP contribution < -0.4 is 11.1 Å². The second kappa shape index (κ2) is 9.39. The van der Waals surface area contributed by atoms with Crippen molar-refractivity contribution in [1.29, 1.82) is 0 Å². The number of amides is 1. The van der Waals surface area contributed by atoms with Gasteiger partial charge < -0.3 is 11.1 Å². The van der Waals surface area contributed by atoms with Crippen molar-refractivity contribution in [3.05, 3.63) is 58.7 Å². The second-order valence-corrected chi connectivity index (χ2v) is 6.27. The van der Waals surface area contributed by atoms with Crippen LogP contribution in [-0.4, -0.2) is 41.5 Å². The van der Waals surface area contributed by atoms with Gasteiger partial charge in [0.1, 0.15) is 5.82 Å². The SMILES string of the molecule is CCN(CC)C(CNc1ncc(C(N)=O)cc1Cl)Cc1ccccc1. The van der Waals surface area contributed by atoms with Crippen molar-refractivity contribution in [2.75, 3.05) is 25.0 Å². The average Bonchev–Trinajstić information content (AvgIpc) is 2.62. The summed E-state index contributed by atoms with van der Waals surface area (Å²) in [6, 6.07) is 12.3. The third kappa shape index (κ3) is 5.44. The number of nitrogens with two attached hydrogens (primary N) is 1. The normalized spacial score (nSPS) is 12.2. The first kappa shape index (κ1) is 19.2. The highest BCUT2D eigenvalue weighted by Gasteiger charge is 2.17. The first-order valence-corrected chi connectivity index (χ1v) is 8.90. The van der Waals surface area contributed by atoms with E-state index in [-0.39, 0.29) is 0 Å². The Balaban J connectivity index is 2.10. The van der Waals surface area contributed by atoms with Gasteiger partial charge in [-0.2, -0.15) is 0 Å². The van der Waals surface area contributed by atoms with Gasteiger partial charge in [-0.3, -0.25) is 9.69 Å². The van der Waals surface area contributed by atoms with Gasteiger partial charge in [0.25, 0.3) is 0 Å². The molecular formula is C19H25ClN4O. The van der Waals surface area contributed by atoms with Crippen LogP contribution in [0.25, 0.3) is 0 Å². The molecule has 1 amide bonds. The molecule has 0 aliphatic carbocycles. The van der Waals surface area contributed by atoms with Crippen LogP contribution in [0.2, 0.25) is 5.02 Å². The van der Waals surface area contributed by atoms with Crippen LogP contribution in [0.3, 0.4) is 0 Å². The summed E-state index contributed by atoms with van der Waals surface area (Å²) in [5.74, 6) is 0.0305. The molecule has 25 heavy (non-hydrogen) atoms. The predicted molar refractivity (Wildman–Crippen MR) is 103 cm³/mol. The number of rotatable bonds is 9. The van der Waals surface area contributed by atoms with E-state index in [0.29, 0.717) is 29.0 Å². The monoisotopic (exact) mass is 360 g/mol. The fourth-order valence-electron chi connectivity index (χ4n) is 2.87. The third-order valence-corrected chi connectivity index (χ3v) is 4.56. The first-order valence-electron chi connectivity index (χ1n) is 8.52. The van der Waals surface area contributed by atoms with Crippen LogP contribution in [0.1, 0.15) is 29.8 Å². The van der Waals surface area contributed by atoms with E-state index in [4.69, 9.17) is 17.3 Å². The smallest absolute Gasteiger partial charge is 0.250 e. The van der Waals surface area contributed by atoms with Crippen molar-refractivity contribution in [2.45, 2.75) is 26.3 Å². The standard InChI is InChI=1S/C19H25ClN4O/c1-3-24(4-2)16(10-14-8-6-5-7-9-14)13-23-19-17(20)11-15(12-22-19)18(21)25/h5-9,11-12,16H,3-4,10,13H2,1-2H3,(H2,21,25)(H,22,23). The number of carbonyl (C=O) groups is 1. The van der Waals surface area contributed by atoms with Crippen molar-refractivity contribution in [3.8, 4) is 0 Å². The molecule has 5 nitrogen and oxygen atoms in total. The molecule has 2 aromatic rings. The molecule has 1 aromatic carbocycles. The third-order valence-electron chi connectivity index (χ3n) is 4.27. The van der Waals surface area contributed by atoms with Gasteiger partial charge in [-0.05, 0) is 31.1 Å². The number of aromatic nitrogens is 1. The number of hydrogen-bond donors (Lipinski definition) is 2. The molecular weight excluding hydrogens is 336 g/mol. The summed E-state index contributed by atoms with van der Waals surface area (Å²) in [4.78, 5) is 17.8. The summed E-state index contributed by atoms with van der Waals surface area (Å²) >= 11 is 6.22. The van der Waals surface area contributed by atoms with E-state index in [1.165, 1.54) is 11.8 Å². The maximum absolute atomic E-state index is 11.2. The van der Waals surface area contributed by atoms with Gasteiger partial charge in [0.2, 0.25) is 5.91 Å². The lowest BCUT2D eigenvalue weighted by atomic mass is 10.0. The maximum Gasteiger partial charge on any atom is 0.250 e. The molecule has 1 unspecified atom stereocenters. The number of carbonyl (C=O) groups excluding carboxylic acids is 1. The Morgan fingerprint density at radius 2 is 1.96 bits per heavy atom. The Hall–Kier alpha value is -2.11. The minimum atomic E-state index is -0.536. The number of primary amides is 1. The molecule has 1 atom stereocenters. The number of benzene rings is 1. The molecule has 2 rings (SSSR count). The molecule has 0 spiro atoms. The van der Waals surface area contributed by atoms with E-state index in [2.05, 4.69) is 53.3 Å². The molecule has 1 aromatic heterocycles. The Kier molecular flexibility index (Phi) is 7.22. The van der Waals surface area contributed by atoms with E-state index >= 15 is 0 Å². The van der Waals surface area contributed by atoms with Gasteiger partial charge in [-0.1, -0.05) is 55.8 Å². The molecule has 0 fully saturated rings. The number of likely N-dealkylation sites (N-methyl/N-ethyl adjacent to an activating group) is 1. The van der Waals surface area contributed by atoms with Crippen LogP contribution in [0.5, 0.6) is 0 Å². The van der Waals surface area contributed by atoms with Crippen molar-refractivity contribution in [1.82, 2.24) is 9.88 Å². The van der Waals surface area contributed by atoms with Gasteiger partial charge in [0, 0.05) is 18.8 Å². The Labute approximate surface area is 154 Å². The molecule has 3 N–H and O–H groups in total. The lowest BCUT2D eigenvalue weighted by molar-refractivity contribution is 0.1000. The highest BCUT2D eigenvalue weighted by molar-refractivity contribution is 6.33. The topological polar surface area (TPSA) is 71.2 Å². The number of halogens is 1. The van der Waals surface area contributed by atoms with Crippen LogP contribution in [0, 0.1) is 0 Å². The van der Waals surface area contributed by atoms with E-state index in [1.54, 1.807) is 6.07 Å². The zero-order valence-electron chi connectivity index (χ0n) is 14.7. The fourth-order valence-corrected chi connectivity index (χ4v) is 3.11. The van der Waals surface area contributed by atoms with Crippen molar-refractivity contribution in [3.63, 3.8) is 0 Å². The van der Waals surface area contributed by atoms with Crippen LogP contribution in [-0.2, 0) is 6.42 Å². The number of hydrogen-bond acceptors (Lipinski definition) is 4. The largest absolute Gasteiger partial charge is 0.367 e. The summed E-state index contributed by atoms with van der Waals surface area (Å²) in [7, 11) is 0. The molecule has 0 saturated heterocycles. The molecule has 0 saturated carbocycles. The van der Waals surface area contributed by atoms with Crippen molar-refractivity contribution >= 4 is 23.3 Å². The fraction of sp³-hybridized carbons (Fsp3) is 0.368. The van der Waals surface area contributed by atoms with Crippen LogP contribution in [0.4, 0.5) is 5.82 Å². The maximum atomic E-state index is 11.2. The molecule has 0 aliphatic rings. The molecule has 0 radical (unpaired) electrons. The summed E-state index contributed by atoms with van der Waals surface area (Å²) < 4.78 is 0. The molecule has 0 bridgehead atoms.